The molecule has 8 heteroatoms. The number of hydrogen-bond donors (Lipinski definition) is 1. The van der Waals surface area contributed by atoms with Gasteiger partial charge in [0.05, 0.1) is 17.1 Å². The number of aromatic nitrogens is 2. The lowest BCUT2D eigenvalue weighted by Gasteiger charge is -2.42. The van der Waals surface area contributed by atoms with Crippen molar-refractivity contribution in [1.82, 2.24) is 19.8 Å². The van der Waals surface area contributed by atoms with E-state index in [0.717, 1.165) is 88.0 Å². The van der Waals surface area contributed by atoms with Gasteiger partial charge in [-0.1, -0.05) is 0 Å². The Morgan fingerprint density at radius 3 is 2.62 bits per heavy atom. The molecule has 1 aliphatic carbocycles. The Hall–Kier alpha value is -2.76. The molecule has 0 unspecified atom stereocenters. The van der Waals surface area contributed by atoms with Gasteiger partial charge >= 0.3 is 0 Å². The van der Waals surface area contributed by atoms with Crippen LogP contribution in [0, 0.1) is 11.3 Å². The van der Waals surface area contributed by atoms with Crippen LogP contribution in [0.5, 0.6) is 0 Å². The van der Waals surface area contributed by atoms with E-state index >= 15 is 0 Å². The molecule has 5 rings (SSSR count). The van der Waals surface area contributed by atoms with Crippen molar-refractivity contribution in [2.45, 2.75) is 56.7 Å². The zero-order valence-electron chi connectivity index (χ0n) is 18.4. The zero-order chi connectivity index (χ0) is 21.9. The number of ether oxygens (including phenoxy) is 1. The first-order chi connectivity index (χ1) is 15.7. The molecule has 2 aliphatic heterocycles. The summed E-state index contributed by atoms with van der Waals surface area (Å²) in [6, 6.07) is 8.68. The van der Waals surface area contributed by atoms with Gasteiger partial charge in [0.2, 0.25) is 0 Å². The van der Waals surface area contributed by atoms with E-state index in [-0.39, 0.29) is 12.0 Å². The van der Waals surface area contributed by atoms with Gasteiger partial charge in [0.25, 0.3) is 5.91 Å². The number of nitrogens with one attached hydrogen (secondary N) is 1. The number of anilines is 1. The Morgan fingerprint density at radius 1 is 1.09 bits per heavy atom. The Bertz CT molecular complexity index is 999. The Balaban J connectivity index is 1.13. The molecule has 1 saturated carbocycles. The zero-order valence-corrected chi connectivity index (χ0v) is 18.4. The molecule has 1 amide bonds. The third-order valence-corrected chi connectivity index (χ3v) is 7.15. The van der Waals surface area contributed by atoms with E-state index in [0.29, 0.717) is 17.6 Å². The molecule has 1 aromatic heterocycles. The number of carbonyl (C=O) groups is 1. The number of amides is 1. The molecule has 3 heterocycles. The third-order valence-electron chi connectivity index (χ3n) is 7.15. The fourth-order valence-electron chi connectivity index (χ4n) is 5.30. The summed E-state index contributed by atoms with van der Waals surface area (Å²) in [7, 11) is 0. The number of nitrogens with zero attached hydrogens (tertiary/aromatic N) is 5. The van der Waals surface area contributed by atoms with Crippen LogP contribution in [0.1, 0.15) is 44.1 Å². The summed E-state index contributed by atoms with van der Waals surface area (Å²) >= 11 is 0. The van der Waals surface area contributed by atoms with Crippen LogP contribution in [-0.4, -0.2) is 76.6 Å². The standard InChI is InChI=1S/C24H30N6O2/c25-15-17-3-8-21-20(14-17)23(27-16-26-21)28-18-4-6-19(7-5-18)29-9-11-30(12-10-29)24(31)22-2-1-13-32-22/h3,8,14,16,18-19,22H,1-2,4-7,9-13H2,(H,26,27,28)/t18-,19-,22-/m1/s1. The van der Waals surface area contributed by atoms with Crippen LogP contribution in [0.2, 0.25) is 0 Å². The number of nitriles is 1. The van der Waals surface area contributed by atoms with Gasteiger partial charge in [-0.15, -0.1) is 0 Å². The number of benzene rings is 1. The largest absolute Gasteiger partial charge is 0.368 e. The van der Waals surface area contributed by atoms with Crippen molar-refractivity contribution in [3.63, 3.8) is 0 Å². The molecular formula is C24H30N6O2. The summed E-state index contributed by atoms with van der Waals surface area (Å²) in [4.78, 5) is 25.9. The fourth-order valence-corrected chi connectivity index (χ4v) is 5.30. The van der Waals surface area contributed by atoms with Crippen molar-refractivity contribution in [3.8, 4) is 6.07 Å². The molecular weight excluding hydrogens is 404 g/mol. The lowest BCUT2D eigenvalue weighted by atomic mass is 9.89. The first-order valence-corrected chi connectivity index (χ1v) is 11.8. The molecule has 8 nitrogen and oxygen atoms in total. The van der Waals surface area contributed by atoms with Crippen molar-refractivity contribution >= 4 is 22.6 Å². The number of piperazine rings is 1. The van der Waals surface area contributed by atoms with Gasteiger partial charge in [-0.25, -0.2) is 9.97 Å². The second-order valence-corrected chi connectivity index (χ2v) is 9.08. The van der Waals surface area contributed by atoms with E-state index in [2.05, 4.69) is 26.3 Å². The number of hydrogen-bond acceptors (Lipinski definition) is 7. The molecule has 1 N–H and O–H groups in total. The van der Waals surface area contributed by atoms with Crippen LogP contribution >= 0.6 is 0 Å². The van der Waals surface area contributed by atoms with Crippen molar-refractivity contribution in [3.05, 3.63) is 30.1 Å². The average Bonchev–Trinajstić information content (AvgIpc) is 3.39. The van der Waals surface area contributed by atoms with Gasteiger partial charge in [-0.05, 0) is 56.7 Å². The number of fused-ring (bicyclic) bond motifs is 1. The van der Waals surface area contributed by atoms with Gasteiger partial charge in [0.15, 0.2) is 0 Å². The molecule has 1 aromatic carbocycles. The first kappa shape index (κ1) is 21.1. The fraction of sp³-hybridized carbons (Fsp3) is 0.583. The van der Waals surface area contributed by atoms with Gasteiger partial charge in [0, 0.05) is 50.3 Å². The van der Waals surface area contributed by atoms with E-state index in [4.69, 9.17) is 4.74 Å². The smallest absolute Gasteiger partial charge is 0.251 e. The second-order valence-electron chi connectivity index (χ2n) is 9.08. The van der Waals surface area contributed by atoms with E-state index in [9.17, 15) is 10.1 Å². The lowest BCUT2D eigenvalue weighted by molar-refractivity contribution is -0.143. The quantitative estimate of drug-likeness (QED) is 0.790. The highest BCUT2D eigenvalue weighted by atomic mass is 16.5. The lowest BCUT2D eigenvalue weighted by Crippen LogP contribution is -2.54. The van der Waals surface area contributed by atoms with Crippen LogP contribution < -0.4 is 5.32 Å². The summed E-state index contributed by atoms with van der Waals surface area (Å²) in [6.45, 7) is 4.25. The monoisotopic (exact) mass is 434 g/mol. The minimum Gasteiger partial charge on any atom is -0.368 e. The van der Waals surface area contributed by atoms with E-state index in [1.165, 1.54) is 0 Å². The van der Waals surface area contributed by atoms with Crippen LogP contribution in [-0.2, 0) is 9.53 Å². The van der Waals surface area contributed by atoms with E-state index < -0.39 is 0 Å². The summed E-state index contributed by atoms with van der Waals surface area (Å²) in [6.07, 6.45) is 7.71. The highest BCUT2D eigenvalue weighted by molar-refractivity contribution is 5.89. The molecule has 32 heavy (non-hydrogen) atoms. The molecule has 2 aromatic rings. The summed E-state index contributed by atoms with van der Waals surface area (Å²) < 4.78 is 5.57. The molecule has 168 valence electrons. The normalized spacial score (nSPS) is 26.7. The third kappa shape index (κ3) is 4.41. The summed E-state index contributed by atoms with van der Waals surface area (Å²) in [5.74, 6) is 1.00. The topological polar surface area (TPSA) is 94.4 Å². The van der Waals surface area contributed by atoms with Crippen LogP contribution in [0.25, 0.3) is 10.9 Å². The predicted octanol–water partition coefficient (Wildman–Crippen LogP) is 2.55. The maximum atomic E-state index is 12.6. The van der Waals surface area contributed by atoms with Crippen molar-refractivity contribution in [2.24, 2.45) is 0 Å². The Kier molecular flexibility index (Phi) is 6.19. The molecule has 2 saturated heterocycles. The average molecular weight is 435 g/mol. The predicted molar refractivity (Wildman–Crippen MR) is 121 cm³/mol. The summed E-state index contributed by atoms with van der Waals surface area (Å²) in [5, 5.41) is 13.7. The highest BCUT2D eigenvalue weighted by Crippen LogP contribution is 2.28. The van der Waals surface area contributed by atoms with Gasteiger partial charge in [0.1, 0.15) is 18.2 Å². The van der Waals surface area contributed by atoms with E-state index in [1.54, 1.807) is 12.4 Å². The minimum atomic E-state index is -0.204. The van der Waals surface area contributed by atoms with Crippen LogP contribution in [0.15, 0.2) is 24.5 Å². The minimum absolute atomic E-state index is 0.187. The van der Waals surface area contributed by atoms with Crippen LogP contribution in [0.3, 0.4) is 0 Å². The number of carbonyl (C=O) groups excluding carboxylic acids is 1. The van der Waals surface area contributed by atoms with Crippen molar-refractivity contribution in [1.29, 1.82) is 5.26 Å². The molecule has 0 spiro atoms. The maximum Gasteiger partial charge on any atom is 0.251 e. The van der Waals surface area contributed by atoms with Crippen molar-refractivity contribution < 1.29 is 9.53 Å². The molecule has 3 fully saturated rings. The molecule has 0 bridgehead atoms. The van der Waals surface area contributed by atoms with Crippen molar-refractivity contribution in [2.75, 3.05) is 38.1 Å². The Morgan fingerprint density at radius 2 is 1.91 bits per heavy atom. The van der Waals surface area contributed by atoms with Gasteiger partial charge in [-0.3, -0.25) is 9.69 Å². The SMILES string of the molecule is N#Cc1ccc2ncnc(N[C@H]3CC[C@H](N4CCN(C(=O)[C@H]5CCCO5)CC4)CC3)c2c1. The maximum absolute atomic E-state index is 12.6. The van der Waals surface area contributed by atoms with Gasteiger partial charge in [-0.2, -0.15) is 5.26 Å². The Labute approximate surface area is 188 Å². The van der Waals surface area contributed by atoms with Crippen LogP contribution in [0.4, 0.5) is 5.82 Å². The second kappa shape index (κ2) is 9.39. The first-order valence-electron chi connectivity index (χ1n) is 11.8. The molecule has 1 atom stereocenters. The number of rotatable bonds is 4. The molecule has 0 radical (unpaired) electrons. The highest BCUT2D eigenvalue weighted by Gasteiger charge is 2.33. The van der Waals surface area contributed by atoms with Gasteiger partial charge < -0.3 is 15.0 Å². The summed E-state index contributed by atoms with van der Waals surface area (Å²) in [5.41, 5.74) is 1.47. The molecule has 3 aliphatic rings. The van der Waals surface area contributed by atoms with E-state index in [1.807, 2.05) is 17.0 Å².